The van der Waals surface area contributed by atoms with Crippen LogP contribution in [0.4, 0.5) is 0 Å². The number of esters is 1. The fraction of sp³-hybridized carbons (Fsp3) is 0.450. The van der Waals surface area contributed by atoms with Gasteiger partial charge >= 0.3 is 5.97 Å². The van der Waals surface area contributed by atoms with Crippen LogP contribution >= 0.6 is 11.3 Å². The molecule has 9 heteroatoms. The second-order valence-corrected chi connectivity index (χ2v) is 8.93. The highest BCUT2D eigenvalue weighted by Gasteiger charge is 2.20. The van der Waals surface area contributed by atoms with Gasteiger partial charge in [-0.05, 0) is 26.3 Å². The van der Waals surface area contributed by atoms with Crippen LogP contribution in [0.3, 0.4) is 0 Å². The number of nitrogens with one attached hydrogen (secondary N) is 2. The molecule has 0 radical (unpaired) electrons. The number of aromatic nitrogens is 1. The molecule has 0 aliphatic heterocycles. The van der Waals surface area contributed by atoms with Crippen LogP contribution < -0.4 is 10.6 Å². The maximum absolute atomic E-state index is 12.2. The highest BCUT2D eigenvalue weighted by atomic mass is 32.2. The second kappa shape index (κ2) is 11.7. The van der Waals surface area contributed by atoms with Crippen molar-refractivity contribution in [2.75, 3.05) is 26.0 Å². The number of carbonyl (C=O) groups is 1. The lowest BCUT2D eigenvalue weighted by atomic mass is 10.2. The largest absolute Gasteiger partial charge is 0.462 e. The van der Waals surface area contributed by atoms with Crippen LogP contribution in [0, 0.1) is 6.92 Å². The first-order valence-corrected chi connectivity index (χ1v) is 11.8. The summed E-state index contributed by atoms with van der Waals surface area (Å²) in [6.45, 7) is 6.40. The molecule has 2 aromatic rings. The molecule has 1 aromatic carbocycles. The monoisotopic (exact) mass is 436 g/mol. The zero-order valence-electron chi connectivity index (χ0n) is 17.2. The quantitative estimate of drug-likeness (QED) is 0.357. The lowest BCUT2D eigenvalue weighted by Gasteiger charge is -2.16. The number of thiazole rings is 1. The summed E-state index contributed by atoms with van der Waals surface area (Å²) >= 11 is 1.32. The van der Waals surface area contributed by atoms with Gasteiger partial charge < -0.3 is 15.4 Å². The molecule has 0 bridgehead atoms. The van der Waals surface area contributed by atoms with Crippen molar-refractivity contribution in [2.24, 2.45) is 4.99 Å². The van der Waals surface area contributed by atoms with E-state index in [1.165, 1.54) is 11.3 Å². The van der Waals surface area contributed by atoms with Gasteiger partial charge in [-0.2, -0.15) is 0 Å². The molecule has 0 aliphatic carbocycles. The van der Waals surface area contributed by atoms with E-state index in [1.807, 2.05) is 37.3 Å². The van der Waals surface area contributed by atoms with E-state index < -0.39 is 10.8 Å². The molecule has 2 rings (SSSR count). The maximum Gasteiger partial charge on any atom is 0.350 e. The van der Waals surface area contributed by atoms with Gasteiger partial charge in [0, 0.05) is 35.9 Å². The molecule has 158 valence electrons. The van der Waals surface area contributed by atoms with Crippen molar-refractivity contribution in [1.29, 1.82) is 0 Å². The summed E-state index contributed by atoms with van der Waals surface area (Å²) in [5.41, 5.74) is 1.73. The molecule has 1 heterocycles. The fourth-order valence-corrected chi connectivity index (χ4v) is 4.57. The predicted molar refractivity (Wildman–Crippen MR) is 119 cm³/mol. The van der Waals surface area contributed by atoms with Crippen molar-refractivity contribution < 1.29 is 13.7 Å². The van der Waals surface area contributed by atoms with E-state index in [4.69, 9.17) is 4.74 Å². The predicted octanol–water partition coefficient (Wildman–Crippen LogP) is 2.80. The molecule has 29 heavy (non-hydrogen) atoms. The Labute approximate surface area is 178 Å². The normalized spacial score (nSPS) is 13.6. The van der Waals surface area contributed by atoms with Crippen LogP contribution in [-0.2, 0) is 21.3 Å². The lowest BCUT2D eigenvalue weighted by Crippen LogP contribution is -2.40. The number of ether oxygens (including phenoxy) is 1. The Morgan fingerprint density at radius 3 is 2.72 bits per heavy atom. The van der Waals surface area contributed by atoms with E-state index in [9.17, 15) is 9.00 Å². The second-order valence-electron chi connectivity index (χ2n) is 6.33. The van der Waals surface area contributed by atoms with Crippen LogP contribution in [0.5, 0.6) is 0 Å². The third-order valence-electron chi connectivity index (χ3n) is 4.01. The molecule has 0 aliphatic rings. The van der Waals surface area contributed by atoms with Crippen molar-refractivity contribution in [1.82, 2.24) is 15.6 Å². The smallest absolute Gasteiger partial charge is 0.350 e. The van der Waals surface area contributed by atoms with Crippen LogP contribution in [0.1, 0.15) is 45.8 Å². The number of benzene rings is 1. The molecule has 2 unspecified atom stereocenters. The van der Waals surface area contributed by atoms with Gasteiger partial charge in [-0.15, -0.1) is 11.3 Å². The average molecular weight is 437 g/mol. The van der Waals surface area contributed by atoms with Gasteiger partial charge in [0.05, 0.1) is 18.3 Å². The zero-order chi connectivity index (χ0) is 21.2. The molecule has 2 atom stereocenters. The minimum Gasteiger partial charge on any atom is -0.462 e. The number of guanidine groups is 1. The number of nitrogens with zero attached hydrogens (tertiary/aromatic N) is 2. The summed E-state index contributed by atoms with van der Waals surface area (Å²) in [4.78, 5) is 21.2. The lowest BCUT2D eigenvalue weighted by molar-refractivity contribution is 0.0531. The average Bonchev–Trinajstić information content (AvgIpc) is 3.10. The summed E-state index contributed by atoms with van der Waals surface area (Å²) in [5.74, 6) is 1.32. The Bertz CT molecular complexity index is 853. The van der Waals surface area contributed by atoms with Gasteiger partial charge in [-0.25, -0.2) is 9.78 Å². The Morgan fingerprint density at radius 1 is 1.34 bits per heavy atom. The van der Waals surface area contributed by atoms with Crippen LogP contribution in [0.15, 0.2) is 35.3 Å². The van der Waals surface area contributed by atoms with Gasteiger partial charge in [0.15, 0.2) is 5.96 Å². The first-order chi connectivity index (χ1) is 13.9. The highest BCUT2D eigenvalue weighted by molar-refractivity contribution is 7.84. The summed E-state index contributed by atoms with van der Waals surface area (Å²) < 4.78 is 17.3. The van der Waals surface area contributed by atoms with Gasteiger partial charge in [-0.1, -0.05) is 30.3 Å². The van der Waals surface area contributed by atoms with Gasteiger partial charge in [0.2, 0.25) is 0 Å². The Hall–Kier alpha value is -2.26. The van der Waals surface area contributed by atoms with Crippen molar-refractivity contribution in [3.63, 3.8) is 0 Å². The number of rotatable bonds is 9. The molecule has 0 fully saturated rings. The molecular formula is C20H28N4O3S2. The molecule has 7 nitrogen and oxygen atoms in total. The molecule has 0 spiro atoms. The van der Waals surface area contributed by atoms with E-state index >= 15 is 0 Å². The Balaban J connectivity index is 1.84. The van der Waals surface area contributed by atoms with E-state index in [1.54, 1.807) is 20.9 Å². The molecular weight excluding hydrogens is 408 g/mol. The van der Waals surface area contributed by atoms with E-state index in [-0.39, 0.29) is 12.0 Å². The number of aryl methyl sites for hydroxylation is 1. The first-order valence-electron chi connectivity index (χ1n) is 9.45. The van der Waals surface area contributed by atoms with Gasteiger partial charge in [-0.3, -0.25) is 9.20 Å². The van der Waals surface area contributed by atoms with Crippen molar-refractivity contribution in [3.8, 4) is 0 Å². The van der Waals surface area contributed by atoms with Crippen molar-refractivity contribution >= 4 is 34.1 Å². The third kappa shape index (κ3) is 7.25. The summed E-state index contributed by atoms with van der Waals surface area (Å²) in [6.07, 6.45) is 0. The molecule has 0 amide bonds. The summed E-state index contributed by atoms with van der Waals surface area (Å²) in [7, 11) is 0.728. The molecule has 1 aromatic heterocycles. The first kappa shape index (κ1) is 23.0. The van der Waals surface area contributed by atoms with Gasteiger partial charge in [0.25, 0.3) is 0 Å². The standard InChI is InChI=1S/C20H28N4O3S2/c1-5-27-19(25)17-14(2)23-18(28-17)15(3)24-20(21-4)22-11-12-29(26)13-16-9-7-6-8-10-16/h6-10,15H,5,11-13H2,1-4H3,(H2,21,22,24). The summed E-state index contributed by atoms with van der Waals surface area (Å²) in [6, 6.07) is 9.67. The number of hydrogen-bond acceptors (Lipinski definition) is 6. The number of hydrogen-bond donors (Lipinski definition) is 2. The zero-order valence-corrected chi connectivity index (χ0v) is 18.9. The Morgan fingerprint density at radius 2 is 2.07 bits per heavy atom. The summed E-state index contributed by atoms with van der Waals surface area (Å²) in [5, 5.41) is 7.21. The van der Waals surface area contributed by atoms with Crippen molar-refractivity contribution in [2.45, 2.75) is 32.6 Å². The van der Waals surface area contributed by atoms with Crippen LogP contribution in [0.2, 0.25) is 0 Å². The SMILES string of the molecule is CCOC(=O)c1sc(C(C)NC(=NC)NCCS(=O)Cc2ccccc2)nc1C. The van der Waals surface area contributed by atoms with Crippen LogP contribution in [-0.4, -0.2) is 47.1 Å². The molecule has 2 N–H and O–H groups in total. The molecule has 0 saturated carbocycles. The van der Waals surface area contributed by atoms with Crippen molar-refractivity contribution in [3.05, 3.63) is 51.5 Å². The Kier molecular flexibility index (Phi) is 9.27. The number of aliphatic imine (C=N–C) groups is 1. The van der Waals surface area contributed by atoms with Gasteiger partial charge in [0.1, 0.15) is 9.88 Å². The minimum absolute atomic E-state index is 0.136. The van der Waals surface area contributed by atoms with E-state index in [2.05, 4.69) is 20.6 Å². The minimum atomic E-state index is -0.952. The maximum atomic E-state index is 12.2. The van der Waals surface area contributed by atoms with E-state index in [0.717, 1.165) is 10.6 Å². The molecule has 0 saturated heterocycles. The fourth-order valence-electron chi connectivity index (χ4n) is 2.57. The number of carbonyl (C=O) groups excluding carboxylic acids is 1. The van der Waals surface area contributed by atoms with Crippen LogP contribution in [0.25, 0.3) is 0 Å². The highest BCUT2D eigenvalue weighted by Crippen LogP contribution is 2.24. The topological polar surface area (TPSA) is 92.7 Å². The van der Waals surface area contributed by atoms with E-state index in [0.29, 0.717) is 41.2 Å². The third-order valence-corrected chi connectivity index (χ3v) is 6.65.